The van der Waals surface area contributed by atoms with Crippen molar-refractivity contribution in [3.05, 3.63) is 35.4 Å². The summed E-state index contributed by atoms with van der Waals surface area (Å²) in [7, 11) is 0. The highest BCUT2D eigenvalue weighted by atomic mass is 35.5. The lowest BCUT2D eigenvalue weighted by Gasteiger charge is -2.20. The monoisotopic (exact) mass is 281 g/mol. The molecule has 0 fully saturated rings. The van der Waals surface area contributed by atoms with Gasteiger partial charge in [-0.1, -0.05) is 6.07 Å². The zero-order valence-electron chi connectivity index (χ0n) is 8.93. The van der Waals surface area contributed by atoms with Crippen molar-refractivity contribution in [1.82, 2.24) is 4.90 Å². The molecule has 0 radical (unpaired) electrons. The Kier molecular flexibility index (Phi) is 5.65. The van der Waals surface area contributed by atoms with E-state index in [1.807, 2.05) is 0 Å². The summed E-state index contributed by atoms with van der Waals surface area (Å²) in [6.45, 7) is 0.391. The van der Waals surface area contributed by atoms with Crippen LogP contribution in [0.3, 0.4) is 0 Å². The number of rotatable bonds is 5. The van der Waals surface area contributed by atoms with Gasteiger partial charge in [-0.3, -0.25) is 4.79 Å². The average Bonchev–Trinajstić information content (AvgIpc) is 2.28. The number of benzene rings is 1. The lowest BCUT2D eigenvalue weighted by atomic mass is 10.1. The van der Waals surface area contributed by atoms with Crippen molar-refractivity contribution >= 4 is 29.1 Å². The van der Waals surface area contributed by atoms with Gasteiger partial charge in [-0.05, 0) is 12.1 Å². The Morgan fingerprint density at radius 2 is 1.59 bits per heavy atom. The van der Waals surface area contributed by atoms with Crippen LogP contribution in [-0.4, -0.2) is 35.7 Å². The van der Waals surface area contributed by atoms with E-state index in [1.165, 1.54) is 11.0 Å². The van der Waals surface area contributed by atoms with Gasteiger partial charge in [-0.2, -0.15) is 0 Å². The Morgan fingerprint density at radius 3 is 2.00 bits per heavy atom. The van der Waals surface area contributed by atoms with Gasteiger partial charge in [0.15, 0.2) is 0 Å². The molecule has 6 heteroatoms. The fourth-order valence-corrected chi connectivity index (χ4v) is 1.79. The number of carbonyl (C=O) groups is 1. The van der Waals surface area contributed by atoms with Crippen LogP contribution in [-0.2, 0) is 0 Å². The van der Waals surface area contributed by atoms with Gasteiger partial charge in [0.2, 0.25) is 0 Å². The van der Waals surface area contributed by atoms with E-state index in [0.29, 0.717) is 0 Å². The van der Waals surface area contributed by atoms with Crippen LogP contribution in [0.2, 0.25) is 0 Å². The van der Waals surface area contributed by atoms with E-state index in [-0.39, 0.29) is 24.8 Å². The first kappa shape index (κ1) is 14.2. The summed E-state index contributed by atoms with van der Waals surface area (Å²) >= 11 is 11.0. The van der Waals surface area contributed by atoms with E-state index in [2.05, 4.69) is 0 Å². The fourth-order valence-electron chi connectivity index (χ4n) is 1.38. The highest BCUT2D eigenvalue weighted by Crippen LogP contribution is 2.14. The number of alkyl halides is 2. The summed E-state index contributed by atoms with van der Waals surface area (Å²) in [4.78, 5) is 13.1. The van der Waals surface area contributed by atoms with Crippen molar-refractivity contribution in [2.24, 2.45) is 0 Å². The number of carbonyl (C=O) groups excluding carboxylic acids is 1. The second-order valence-corrected chi connectivity index (χ2v) is 4.02. The van der Waals surface area contributed by atoms with Crippen LogP contribution in [0.4, 0.5) is 8.78 Å². The summed E-state index contributed by atoms with van der Waals surface area (Å²) in [6.07, 6.45) is 0. The van der Waals surface area contributed by atoms with Crippen molar-refractivity contribution in [3.8, 4) is 0 Å². The third-order valence-electron chi connectivity index (χ3n) is 2.17. The predicted octanol–water partition coefficient (Wildman–Crippen LogP) is 2.88. The minimum Gasteiger partial charge on any atom is -0.336 e. The Hall–Kier alpha value is -0.870. The smallest absolute Gasteiger partial charge is 0.259 e. The largest absolute Gasteiger partial charge is 0.336 e. The first-order valence-corrected chi connectivity index (χ1v) is 6.04. The molecule has 0 aliphatic carbocycles. The summed E-state index contributed by atoms with van der Waals surface area (Å²) in [5.74, 6) is -2.15. The molecular weight excluding hydrogens is 271 g/mol. The van der Waals surface area contributed by atoms with E-state index in [1.54, 1.807) is 0 Å². The zero-order valence-corrected chi connectivity index (χ0v) is 10.4. The molecule has 0 atom stereocenters. The molecule has 0 N–H and O–H groups in total. The number of amides is 1. The van der Waals surface area contributed by atoms with Crippen LogP contribution < -0.4 is 0 Å². The van der Waals surface area contributed by atoms with Crippen molar-refractivity contribution in [2.75, 3.05) is 24.8 Å². The first-order valence-electron chi connectivity index (χ1n) is 4.97. The number of hydrogen-bond donors (Lipinski definition) is 0. The Morgan fingerprint density at radius 1 is 1.12 bits per heavy atom. The van der Waals surface area contributed by atoms with Crippen LogP contribution in [0.5, 0.6) is 0 Å². The molecule has 0 aliphatic rings. The van der Waals surface area contributed by atoms with Crippen molar-refractivity contribution in [1.29, 1.82) is 0 Å². The number of nitrogens with zero attached hydrogens (tertiary/aromatic N) is 1. The van der Waals surface area contributed by atoms with E-state index < -0.39 is 23.1 Å². The maximum atomic E-state index is 13.4. The van der Waals surface area contributed by atoms with E-state index >= 15 is 0 Å². The van der Waals surface area contributed by atoms with Crippen molar-refractivity contribution in [3.63, 3.8) is 0 Å². The minimum atomic E-state index is -0.885. The maximum absolute atomic E-state index is 13.4. The molecule has 0 saturated carbocycles. The summed E-state index contributed by atoms with van der Waals surface area (Å²) in [6, 6.07) is 3.28. The molecule has 94 valence electrons. The summed E-state index contributed by atoms with van der Waals surface area (Å²) in [5, 5.41) is 0. The predicted molar refractivity (Wildman–Crippen MR) is 63.7 cm³/mol. The highest BCUT2D eigenvalue weighted by molar-refractivity contribution is 6.18. The molecule has 0 spiro atoms. The quantitative estimate of drug-likeness (QED) is 0.760. The fraction of sp³-hybridized carbons (Fsp3) is 0.364. The zero-order chi connectivity index (χ0) is 12.8. The van der Waals surface area contributed by atoms with Gasteiger partial charge in [0, 0.05) is 24.8 Å². The lowest BCUT2D eigenvalue weighted by Crippen LogP contribution is -2.35. The highest BCUT2D eigenvalue weighted by Gasteiger charge is 2.22. The van der Waals surface area contributed by atoms with Crippen molar-refractivity contribution < 1.29 is 13.6 Å². The molecule has 0 heterocycles. The topological polar surface area (TPSA) is 20.3 Å². The van der Waals surface area contributed by atoms with Crippen molar-refractivity contribution in [2.45, 2.75) is 0 Å². The number of halogens is 4. The van der Waals surface area contributed by atoms with Gasteiger partial charge in [0.05, 0.1) is 0 Å². The van der Waals surface area contributed by atoms with Crippen LogP contribution in [0.1, 0.15) is 10.4 Å². The Bertz CT molecular complexity index is 375. The second-order valence-electron chi connectivity index (χ2n) is 3.27. The van der Waals surface area contributed by atoms with Crippen LogP contribution in [0, 0.1) is 11.6 Å². The molecule has 0 aliphatic heterocycles. The van der Waals surface area contributed by atoms with Gasteiger partial charge >= 0.3 is 0 Å². The van der Waals surface area contributed by atoms with E-state index in [0.717, 1.165) is 12.1 Å². The molecule has 1 rings (SSSR count). The molecule has 2 nitrogen and oxygen atoms in total. The van der Waals surface area contributed by atoms with Gasteiger partial charge in [0.1, 0.15) is 17.2 Å². The molecule has 0 aromatic heterocycles. The molecule has 1 aromatic carbocycles. The number of hydrogen-bond acceptors (Lipinski definition) is 1. The molecule has 0 unspecified atom stereocenters. The minimum absolute atomic E-state index is 0.179. The SMILES string of the molecule is O=C(c1c(F)cccc1F)N(CCCl)CCCl. The van der Waals surface area contributed by atoms with Gasteiger partial charge < -0.3 is 4.90 Å². The Balaban J connectivity index is 3.00. The molecular formula is C11H11Cl2F2NO. The third-order valence-corrected chi connectivity index (χ3v) is 2.51. The Labute approximate surface area is 108 Å². The lowest BCUT2D eigenvalue weighted by molar-refractivity contribution is 0.0765. The van der Waals surface area contributed by atoms with Gasteiger partial charge in [0.25, 0.3) is 5.91 Å². The normalized spacial score (nSPS) is 10.4. The van der Waals surface area contributed by atoms with Crippen LogP contribution >= 0.6 is 23.2 Å². The van der Waals surface area contributed by atoms with Crippen LogP contribution in [0.15, 0.2) is 18.2 Å². The standard InChI is InChI=1S/C11H11Cl2F2NO/c12-4-6-16(7-5-13)11(17)10-8(14)2-1-3-9(10)15/h1-3H,4-7H2. The molecule has 0 saturated heterocycles. The summed E-state index contributed by atoms with van der Waals surface area (Å²) in [5.41, 5.74) is -0.567. The molecule has 0 bridgehead atoms. The summed E-state index contributed by atoms with van der Waals surface area (Å²) < 4.78 is 26.8. The third kappa shape index (κ3) is 3.54. The molecule has 17 heavy (non-hydrogen) atoms. The second kappa shape index (κ2) is 6.77. The van der Waals surface area contributed by atoms with E-state index in [9.17, 15) is 13.6 Å². The maximum Gasteiger partial charge on any atom is 0.259 e. The van der Waals surface area contributed by atoms with Crippen LogP contribution in [0.25, 0.3) is 0 Å². The molecule has 1 aromatic rings. The first-order chi connectivity index (χ1) is 8.11. The molecule has 1 amide bonds. The van der Waals surface area contributed by atoms with Gasteiger partial charge in [-0.15, -0.1) is 23.2 Å². The van der Waals surface area contributed by atoms with E-state index in [4.69, 9.17) is 23.2 Å². The van der Waals surface area contributed by atoms with Gasteiger partial charge in [-0.25, -0.2) is 8.78 Å². The average molecular weight is 282 g/mol.